The van der Waals surface area contributed by atoms with E-state index in [2.05, 4.69) is 12.2 Å². The van der Waals surface area contributed by atoms with Crippen molar-refractivity contribution in [1.29, 1.82) is 0 Å². The number of likely N-dealkylation sites (N-methyl/N-ethyl adjacent to an activating group) is 1. The van der Waals surface area contributed by atoms with Gasteiger partial charge in [0.1, 0.15) is 0 Å². The second-order valence-corrected chi connectivity index (χ2v) is 5.64. The van der Waals surface area contributed by atoms with Crippen LogP contribution in [0.4, 0.5) is 4.39 Å². The molecule has 1 heterocycles. The SMILES string of the molecule is CCNC(CCC1CCCO1)Cc1ccc(OC)c(F)c1. The Morgan fingerprint density at radius 1 is 1.48 bits per heavy atom. The average molecular weight is 295 g/mol. The second-order valence-electron chi connectivity index (χ2n) is 5.64. The molecule has 0 bridgehead atoms. The summed E-state index contributed by atoms with van der Waals surface area (Å²) in [6, 6.07) is 5.59. The zero-order valence-electron chi connectivity index (χ0n) is 13.0. The number of rotatable bonds is 8. The van der Waals surface area contributed by atoms with Crippen molar-refractivity contribution in [2.45, 2.75) is 51.2 Å². The van der Waals surface area contributed by atoms with Crippen LogP contribution in [0.1, 0.15) is 38.2 Å². The maximum absolute atomic E-state index is 13.8. The summed E-state index contributed by atoms with van der Waals surface area (Å²) in [6.45, 7) is 3.93. The smallest absolute Gasteiger partial charge is 0.165 e. The Hall–Kier alpha value is -1.13. The van der Waals surface area contributed by atoms with Crippen molar-refractivity contribution in [1.82, 2.24) is 5.32 Å². The fourth-order valence-electron chi connectivity index (χ4n) is 2.95. The van der Waals surface area contributed by atoms with Gasteiger partial charge in [-0.3, -0.25) is 0 Å². The van der Waals surface area contributed by atoms with E-state index >= 15 is 0 Å². The molecule has 2 atom stereocenters. The Balaban J connectivity index is 1.90. The molecular formula is C17H26FNO2. The molecule has 1 saturated heterocycles. The summed E-state index contributed by atoms with van der Waals surface area (Å²) in [4.78, 5) is 0. The first-order valence-electron chi connectivity index (χ1n) is 7.90. The van der Waals surface area contributed by atoms with E-state index < -0.39 is 0 Å². The van der Waals surface area contributed by atoms with Crippen LogP contribution in [0, 0.1) is 5.82 Å². The van der Waals surface area contributed by atoms with Gasteiger partial charge in [-0.25, -0.2) is 4.39 Å². The van der Waals surface area contributed by atoms with E-state index in [0.29, 0.717) is 17.9 Å². The van der Waals surface area contributed by atoms with Crippen LogP contribution in [0.15, 0.2) is 18.2 Å². The van der Waals surface area contributed by atoms with Crippen molar-refractivity contribution in [2.75, 3.05) is 20.3 Å². The summed E-state index contributed by atoms with van der Waals surface area (Å²) in [7, 11) is 1.49. The maximum Gasteiger partial charge on any atom is 0.165 e. The fourth-order valence-corrected chi connectivity index (χ4v) is 2.95. The minimum atomic E-state index is -0.288. The van der Waals surface area contributed by atoms with Gasteiger partial charge < -0.3 is 14.8 Å². The number of methoxy groups -OCH3 is 1. The van der Waals surface area contributed by atoms with Crippen molar-refractivity contribution in [3.05, 3.63) is 29.6 Å². The van der Waals surface area contributed by atoms with Gasteiger partial charge in [-0.05, 0) is 56.3 Å². The highest BCUT2D eigenvalue weighted by molar-refractivity contribution is 5.29. The van der Waals surface area contributed by atoms with E-state index in [1.807, 2.05) is 6.07 Å². The summed E-state index contributed by atoms with van der Waals surface area (Å²) in [5, 5.41) is 3.49. The standard InChI is InChI=1S/C17H26FNO2/c1-3-19-14(7-8-15-5-4-10-21-15)11-13-6-9-17(20-2)16(18)12-13/h6,9,12,14-15,19H,3-5,7-8,10-11H2,1-2H3. The van der Waals surface area contributed by atoms with Crippen molar-refractivity contribution >= 4 is 0 Å². The highest BCUT2D eigenvalue weighted by atomic mass is 19.1. The number of ether oxygens (including phenoxy) is 2. The number of halogens is 1. The quantitative estimate of drug-likeness (QED) is 0.798. The normalized spacial score (nSPS) is 19.7. The molecule has 0 aromatic heterocycles. The van der Waals surface area contributed by atoms with Crippen LogP contribution in [0.2, 0.25) is 0 Å². The third kappa shape index (κ3) is 4.97. The highest BCUT2D eigenvalue weighted by Crippen LogP contribution is 2.21. The van der Waals surface area contributed by atoms with E-state index in [1.54, 1.807) is 12.1 Å². The van der Waals surface area contributed by atoms with Gasteiger partial charge in [0.15, 0.2) is 11.6 Å². The second kappa shape index (κ2) is 8.35. The molecule has 3 nitrogen and oxygen atoms in total. The van der Waals surface area contributed by atoms with Gasteiger partial charge in [0.25, 0.3) is 0 Å². The van der Waals surface area contributed by atoms with Crippen LogP contribution in [0.25, 0.3) is 0 Å². The Morgan fingerprint density at radius 3 is 2.95 bits per heavy atom. The molecule has 0 radical (unpaired) electrons. The van der Waals surface area contributed by atoms with Crippen molar-refractivity contribution in [3.8, 4) is 5.75 Å². The van der Waals surface area contributed by atoms with Gasteiger partial charge in [-0.2, -0.15) is 0 Å². The van der Waals surface area contributed by atoms with Gasteiger partial charge in [-0.15, -0.1) is 0 Å². The third-order valence-corrected chi connectivity index (χ3v) is 4.05. The first kappa shape index (κ1) is 16.2. The van der Waals surface area contributed by atoms with Gasteiger partial charge in [0.2, 0.25) is 0 Å². The summed E-state index contributed by atoms with van der Waals surface area (Å²) in [6.07, 6.45) is 5.75. The van der Waals surface area contributed by atoms with E-state index in [0.717, 1.165) is 38.0 Å². The lowest BCUT2D eigenvalue weighted by atomic mass is 9.99. The topological polar surface area (TPSA) is 30.5 Å². The molecule has 1 fully saturated rings. The molecule has 118 valence electrons. The molecule has 1 N–H and O–H groups in total. The third-order valence-electron chi connectivity index (χ3n) is 4.05. The monoisotopic (exact) mass is 295 g/mol. The zero-order chi connectivity index (χ0) is 15.1. The number of hydrogen-bond acceptors (Lipinski definition) is 3. The summed E-state index contributed by atoms with van der Waals surface area (Å²) in [5.41, 5.74) is 1.01. The van der Waals surface area contributed by atoms with E-state index in [4.69, 9.17) is 9.47 Å². The Kier molecular flexibility index (Phi) is 6.46. The van der Waals surface area contributed by atoms with Gasteiger partial charge in [0, 0.05) is 12.6 Å². The highest BCUT2D eigenvalue weighted by Gasteiger charge is 2.18. The number of hydrogen-bond donors (Lipinski definition) is 1. The molecule has 4 heteroatoms. The summed E-state index contributed by atoms with van der Waals surface area (Å²) in [5.74, 6) is 0.0162. The summed E-state index contributed by atoms with van der Waals surface area (Å²) < 4.78 is 24.4. The zero-order valence-corrected chi connectivity index (χ0v) is 13.0. The molecule has 0 saturated carbocycles. The van der Waals surface area contributed by atoms with Gasteiger partial charge in [0.05, 0.1) is 13.2 Å². The molecule has 1 aromatic carbocycles. The van der Waals surface area contributed by atoms with Crippen LogP contribution in [-0.2, 0) is 11.2 Å². The van der Waals surface area contributed by atoms with E-state index in [-0.39, 0.29) is 5.82 Å². The average Bonchev–Trinajstić information content (AvgIpc) is 2.98. The maximum atomic E-state index is 13.8. The van der Waals surface area contributed by atoms with Gasteiger partial charge >= 0.3 is 0 Å². The molecular weight excluding hydrogens is 269 g/mol. The van der Waals surface area contributed by atoms with Crippen molar-refractivity contribution in [2.24, 2.45) is 0 Å². The predicted octanol–water partition coefficient (Wildman–Crippen LogP) is 3.31. The lowest BCUT2D eigenvalue weighted by Crippen LogP contribution is -2.32. The lowest BCUT2D eigenvalue weighted by molar-refractivity contribution is 0.0996. The van der Waals surface area contributed by atoms with E-state index in [9.17, 15) is 4.39 Å². The Morgan fingerprint density at radius 2 is 2.33 bits per heavy atom. The molecule has 0 spiro atoms. The molecule has 0 aliphatic carbocycles. The molecule has 2 unspecified atom stereocenters. The largest absolute Gasteiger partial charge is 0.494 e. The van der Waals surface area contributed by atoms with Crippen molar-refractivity contribution in [3.63, 3.8) is 0 Å². The molecule has 1 aromatic rings. The molecule has 1 aliphatic rings. The first-order chi connectivity index (χ1) is 10.2. The van der Waals surface area contributed by atoms with Crippen LogP contribution in [0.5, 0.6) is 5.75 Å². The Bertz CT molecular complexity index is 433. The number of benzene rings is 1. The Labute approximate surface area is 126 Å². The van der Waals surface area contributed by atoms with Crippen LogP contribution >= 0.6 is 0 Å². The molecule has 21 heavy (non-hydrogen) atoms. The predicted molar refractivity (Wildman–Crippen MR) is 82.3 cm³/mol. The van der Waals surface area contributed by atoms with Gasteiger partial charge in [-0.1, -0.05) is 13.0 Å². The summed E-state index contributed by atoms with van der Waals surface area (Å²) >= 11 is 0. The minimum absolute atomic E-state index is 0.288. The molecule has 2 rings (SSSR count). The van der Waals surface area contributed by atoms with Crippen LogP contribution in [-0.4, -0.2) is 32.4 Å². The fraction of sp³-hybridized carbons (Fsp3) is 0.647. The van der Waals surface area contributed by atoms with Crippen LogP contribution < -0.4 is 10.1 Å². The minimum Gasteiger partial charge on any atom is -0.494 e. The van der Waals surface area contributed by atoms with E-state index in [1.165, 1.54) is 20.0 Å². The first-order valence-corrected chi connectivity index (χ1v) is 7.90. The molecule has 0 amide bonds. The number of nitrogens with one attached hydrogen (secondary N) is 1. The van der Waals surface area contributed by atoms with Crippen molar-refractivity contribution < 1.29 is 13.9 Å². The lowest BCUT2D eigenvalue weighted by Gasteiger charge is -2.20. The molecule has 1 aliphatic heterocycles. The van der Waals surface area contributed by atoms with Crippen LogP contribution in [0.3, 0.4) is 0 Å².